The molecule has 0 amide bonds. The predicted molar refractivity (Wildman–Crippen MR) is 81.2 cm³/mol. The highest BCUT2D eigenvalue weighted by atomic mass is 31.1. The topological polar surface area (TPSA) is 94.8 Å². The van der Waals surface area contributed by atoms with Gasteiger partial charge in [-0.15, -0.1) is 0 Å². The Balaban J connectivity index is 0. The number of hydrogen-bond acceptors (Lipinski definition) is 3. The molecule has 3 N–H and O–H groups in total. The van der Waals surface area contributed by atoms with Gasteiger partial charge in [0.1, 0.15) is 0 Å². The summed E-state index contributed by atoms with van der Waals surface area (Å²) >= 11 is 0. The highest BCUT2D eigenvalue weighted by molar-refractivity contribution is 7.37. The van der Waals surface area contributed by atoms with Crippen molar-refractivity contribution in [3.05, 3.63) is 0 Å². The molecule has 0 saturated heterocycles. The van der Waals surface area contributed by atoms with E-state index in [2.05, 4.69) is 6.92 Å². The number of hydrogen-bond donors (Lipinski definition) is 3. The average molecular weight is 309 g/mol. The Labute approximate surface area is 123 Å². The first-order valence-electron chi connectivity index (χ1n) is 7.47. The lowest BCUT2D eigenvalue weighted by molar-refractivity contribution is -0.139. The number of carboxylic acid groups (broad SMARTS) is 1. The van der Waals surface area contributed by atoms with E-state index in [1.165, 1.54) is 25.7 Å². The Morgan fingerprint density at radius 2 is 1.60 bits per heavy atom. The number of aliphatic carboxylic acids is 1. The SMILES string of the molecule is CCCCCCCCC(O)CC(=O)O.CCC[P+](=O)O. The van der Waals surface area contributed by atoms with Crippen LogP contribution in [0, 0.1) is 0 Å². The number of aliphatic hydroxyl groups excluding tert-OH is 1. The van der Waals surface area contributed by atoms with Gasteiger partial charge < -0.3 is 10.2 Å². The average Bonchev–Trinajstić information content (AvgIpc) is 2.33. The van der Waals surface area contributed by atoms with Crippen molar-refractivity contribution in [1.82, 2.24) is 0 Å². The fourth-order valence-electron chi connectivity index (χ4n) is 1.66. The molecule has 0 aliphatic rings. The lowest BCUT2D eigenvalue weighted by Gasteiger charge is -2.06. The second kappa shape index (κ2) is 16.5. The van der Waals surface area contributed by atoms with Crippen molar-refractivity contribution in [2.75, 3.05) is 6.16 Å². The molecule has 120 valence electrons. The maximum atomic E-state index is 10.2. The van der Waals surface area contributed by atoms with E-state index >= 15 is 0 Å². The number of rotatable bonds is 11. The van der Waals surface area contributed by atoms with Gasteiger partial charge >= 0.3 is 14.0 Å². The zero-order chi connectivity index (χ0) is 15.8. The molecule has 0 aromatic carbocycles. The fraction of sp³-hybridized carbons (Fsp3) is 0.929. The number of carbonyl (C=O) groups is 1. The third-order valence-electron chi connectivity index (χ3n) is 2.72. The monoisotopic (exact) mass is 309 g/mol. The summed E-state index contributed by atoms with van der Waals surface area (Å²) in [6.45, 7) is 4.06. The Kier molecular flexibility index (Phi) is 18.0. The highest BCUT2D eigenvalue weighted by Gasteiger charge is 2.08. The van der Waals surface area contributed by atoms with Gasteiger partial charge in [-0.2, -0.15) is 4.89 Å². The van der Waals surface area contributed by atoms with Gasteiger partial charge in [-0.3, -0.25) is 4.79 Å². The Morgan fingerprint density at radius 1 is 1.05 bits per heavy atom. The molecule has 0 heterocycles. The molecule has 0 fully saturated rings. The number of carboxylic acids is 1. The summed E-state index contributed by atoms with van der Waals surface area (Å²) in [5, 5.41) is 17.6. The maximum absolute atomic E-state index is 10.2. The van der Waals surface area contributed by atoms with Crippen molar-refractivity contribution in [2.45, 2.75) is 77.7 Å². The molecule has 5 nitrogen and oxygen atoms in total. The fourth-order valence-corrected chi connectivity index (χ4v) is 2.04. The molecular formula is C14H30O5P+. The minimum absolute atomic E-state index is 0.116. The van der Waals surface area contributed by atoms with Crippen molar-refractivity contribution in [1.29, 1.82) is 0 Å². The van der Waals surface area contributed by atoms with Gasteiger partial charge in [0.15, 0.2) is 6.16 Å². The summed E-state index contributed by atoms with van der Waals surface area (Å²) in [6.07, 6.45) is 8.11. The van der Waals surface area contributed by atoms with E-state index < -0.39 is 20.1 Å². The Hall–Kier alpha value is -0.510. The Bertz CT molecular complexity index is 246. The molecule has 0 bridgehead atoms. The Morgan fingerprint density at radius 3 is 2.00 bits per heavy atom. The van der Waals surface area contributed by atoms with Crippen LogP contribution >= 0.6 is 8.03 Å². The molecule has 0 aromatic rings. The first kappa shape index (κ1) is 21.8. The number of aliphatic hydroxyl groups is 1. The summed E-state index contributed by atoms with van der Waals surface area (Å²) < 4.78 is 9.75. The molecule has 0 radical (unpaired) electrons. The summed E-state index contributed by atoms with van der Waals surface area (Å²) in [5.41, 5.74) is 0. The van der Waals surface area contributed by atoms with Gasteiger partial charge in [-0.1, -0.05) is 52.4 Å². The lowest BCUT2D eigenvalue weighted by Crippen LogP contribution is -2.12. The first-order valence-corrected chi connectivity index (χ1v) is 8.87. The van der Waals surface area contributed by atoms with E-state index in [1.807, 2.05) is 6.92 Å². The third-order valence-corrected chi connectivity index (χ3v) is 3.55. The van der Waals surface area contributed by atoms with E-state index in [9.17, 15) is 14.5 Å². The predicted octanol–water partition coefficient (Wildman–Crippen LogP) is 3.70. The minimum Gasteiger partial charge on any atom is -0.481 e. The van der Waals surface area contributed by atoms with Crippen LogP contribution in [0.2, 0.25) is 0 Å². The van der Waals surface area contributed by atoms with Crippen LogP contribution in [0.25, 0.3) is 0 Å². The first-order chi connectivity index (χ1) is 9.43. The van der Waals surface area contributed by atoms with E-state index in [0.29, 0.717) is 12.6 Å². The van der Waals surface area contributed by atoms with Crippen LogP contribution < -0.4 is 0 Å². The van der Waals surface area contributed by atoms with Gasteiger partial charge in [-0.25, -0.2) is 0 Å². The van der Waals surface area contributed by atoms with Gasteiger partial charge in [0, 0.05) is 0 Å². The summed E-state index contributed by atoms with van der Waals surface area (Å²) in [7, 11) is -1.85. The van der Waals surface area contributed by atoms with Crippen LogP contribution in [0.5, 0.6) is 0 Å². The molecule has 0 saturated carbocycles. The van der Waals surface area contributed by atoms with E-state index in [-0.39, 0.29) is 6.42 Å². The van der Waals surface area contributed by atoms with Crippen molar-refractivity contribution in [3.8, 4) is 0 Å². The van der Waals surface area contributed by atoms with Crippen LogP contribution in [0.15, 0.2) is 0 Å². The molecule has 20 heavy (non-hydrogen) atoms. The molecule has 0 aliphatic carbocycles. The lowest BCUT2D eigenvalue weighted by atomic mass is 10.1. The van der Waals surface area contributed by atoms with Crippen LogP contribution in [-0.4, -0.2) is 33.3 Å². The summed E-state index contributed by atoms with van der Waals surface area (Å²) in [4.78, 5) is 18.3. The van der Waals surface area contributed by atoms with E-state index in [0.717, 1.165) is 19.3 Å². The molecular weight excluding hydrogens is 279 g/mol. The normalized spacial score (nSPS) is 12.3. The third kappa shape index (κ3) is 22.7. The maximum Gasteiger partial charge on any atom is 0.505 e. The zero-order valence-electron chi connectivity index (χ0n) is 12.8. The number of unbranched alkanes of at least 4 members (excludes halogenated alkanes) is 5. The van der Waals surface area contributed by atoms with Crippen molar-refractivity contribution in [3.63, 3.8) is 0 Å². The van der Waals surface area contributed by atoms with Crippen LogP contribution in [-0.2, 0) is 9.36 Å². The smallest absolute Gasteiger partial charge is 0.481 e. The van der Waals surface area contributed by atoms with E-state index in [1.54, 1.807) is 0 Å². The van der Waals surface area contributed by atoms with Gasteiger partial charge in [0.05, 0.1) is 12.5 Å². The summed E-state index contributed by atoms with van der Waals surface area (Å²) in [6, 6.07) is 0. The van der Waals surface area contributed by atoms with Crippen molar-refractivity contribution in [2.24, 2.45) is 0 Å². The minimum atomic E-state index is -1.85. The highest BCUT2D eigenvalue weighted by Crippen LogP contribution is 2.12. The molecule has 0 aromatic heterocycles. The van der Waals surface area contributed by atoms with Crippen LogP contribution in [0.4, 0.5) is 0 Å². The molecule has 0 aliphatic heterocycles. The molecule has 6 heteroatoms. The van der Waals surface area contributed by atoms with Crippen LogP contribution in [0.1, 0.15) is 71.6 Å². The van der Waals surface area contributed by atoms with Crippen molar-refractivity contribution < 1.29 is 24.5 Å². The quantitative estimate of drug-likeness (QED) is 0.399. The zero-order valence-corrected chi connectivity index (χ0v) is 13.6. The largest absolute Gasteiger partial charge is 0.505 e. The molecule has 2 unspecified atom stereocenters. The van der Waals surface area contributed by atoms with Gasteiger partial charge in [0.2, 0.25) is 0 Å². The van der Waals surface area contributed by atoms with Crippen LogP contribution in [0.3, 0.4) is 0 Å². The second-order valence-corrected chi connectivity index (χ2v) is 6.04. The molecule has 0 spiro atoms. The van der Waals surface area contributed by atoms with Gasteiger partial charge in [-0.05, 0) is 17.4 Å². The molecule has 2 atom stereocenters. The van der Waals surface area contributed by atoms with E-state index in [4.69, 9.17) is 10.00 Å². The summed E-state index contributed by atoms with van der Waals surface area (Å²) in [5.74, 6) is -0.913. The standard InChI is InChI=1S/C11H22O3.C3H7O2P/c1-2-3-4-5-6-7-8-10(12)9-11(13)14;1-2-3-6(4)5/h10,12H,2-9H2,1H3,(H,13,14);2-3H2,1H3/p+1. The van der Waals surface area contributed by atoms with Crippen molar-refractivity contribution >= 4 is 14.0 Å². The van der Waals surface area contributed by atoms with Gasteiger partial charge in [0.25, 0.3) is 0 Å². The molecule has 0 rings (SSSR count). The second-order valence-electron chi connectivity index (χ2n) is 4.88.